The van der Waals surface area contributed by atoms with Crippen molar-refractivity contribution in [2.24, 2.45) is 0 Å². The molecule has 2 N–H and O–H groups in total. The van der Waals surface area contributed by atoms with Crippen LogP contribution in [-0.4, -0.2) is 55.9 Å². The summed E-state index contributed by atoms with van der Waals surface area (Å²) < 4.78 is 6.73. The number of aliphatic carboxylic acids is 1. The van der Waals surface area contributed by atoms with Crippen molar-refractivity contribution in [1.82, 2.24) is 15.2 Å². The first-order valence-electron chi connectivity index (χ1n) is 13.5. The molecule has 2 aliphatic rings. The second-order valence-corrected chi connectivity index (χ2v) is 14.2. The quantitative estimate of drug-likeness (QED) is 0.166. The summed E-state index contributed by atoms with van der Waals surface area (Å²) in [4.78, 5) is 58.9. The number of thioether (sulfide) groups is 2. The van der Waals surface area contributed by atoms with Crippen LogP contribution < -0.4 is 5.32 Å². The molecular formula is C31H25N3O6S4. The van der Waals surface area contributed by atoms with Gasteiger partial charge in [-0.05, 0) is 22.6 Å². The number of β-lactam (4-membered cyclic amide) rings is 1. The number of carboxylic acids is 1. The lowest BCUT2D eigenvalue weighted by Gasteiger charge is -2.49. The molecule has 6 rings (SSSR count). The van der Waals surface area contributed by atoms with Crippen molar-refractivity contribution >= 4 is 70.0 Å². The summed E-state index contributed by atoms with van der Waals surface area (Å²) in [6, 6.07) is 21.7. The first-order valence-corrected chi connectivity index (χ1v) is 17.1. The normalized spacial score (nSPS) is 17.7. The molecule has 0 radical (unpaired) electrons. The Morgan fingerprint density at radius 1 is 1.00 bits per heavy atom. The van der Waals surface area contributed by atoms with Crippen molar-refractivity contribution in [3.8, 4) is 0 Å². The zero-order chi connectivity index (χ0) is 30.6. The van der Waals surface area contributed by atoms with Gasteiger partial charge in [-0.15, -0.1) is 34.4 Å². The van der Waals surface area contributed by atoms with E-state index in [0.717, 1.165) is 16.0 Å². The molecule has 2 aromatic carbocycles. The number of rotatable bonds is 11. The number of fused-ring (bicyclic) bond motifs is 1. The number of esters is 1. The van der Waals surface area contributed by atoms with Crippen molar-refractivity contribution in [2.45, 2.75) is 34.7 Å². The number of ether oxygens (including phenoxy) is 1. The number of hydrogen-bond donors (Lipinski definition) is 2. The molecule has 0 saturated carbocycles. The summed E-state index contributed by atoms with van der Waals surface area (Å²) in [5.41, 5.74) is 2.07. The number of hydrogen-bond acceptors (Lipinski definition) is 10. The number of nitrogens with zero attached hydrogens (tertiary/aromatic N) is 2. The summed E-state index contributed by atoms with van der Waals surface area (Å²) in [5.74, 6) is -1.95. The molecule has 0 bridgehead atoms. The van der Waals surface area contributed by atoms with Crippen LogP contribution in [-0.2, 0) is 36.8 Å². The van der Waals surface area contributed by atoms with Crippen LogP contribution in [0.1, 0.15) is 27.8 Å². The monoisotopic (exact) mass is 663 g/mol. The highest BCUT2D eigenvalue weighted by Crippen LogP contribution is 2.46. The molecule has 2 amide bonds. The van der Waals surface area contributed by atoms with Gasteiger partial charge in [-0.1, -0.05) is 78.5 Å². The predicted octanol–water partition coefficient (Wildman–Crippen LogP) is 5.11. The standard InChI is InChI=1S/C31H25N3O6S4/c35-23(15-21-12-7-13-41-21)33-25-28(38)34-26(22(17-42-29(25)34)44-31-32-20(16-43-31)14-24(36)37)30(39)40-27(18-8-3-1-4-9-18)19-10-5-2-6-11-19/h1-13,16,25,27,29H,14-15,17H2,(H,33,35)(H,36,37)/t25-,29+/m1/s1. The first-order chi connectivity index (χ1) is 21.4. The van der Waals surface area contributed by atoms with Gasteiger partial charge in [-0.2, -0.15) is 0 Å². The molecule has 13 heteroatoms. The second-order valence-electron chi connectivity index (χ2n) is 9.87. The number of carbonyl (C=O) groups is 4. The highest BCUT2D eigenvalue weighted by Gasteiger charge is 2.55. The summed E-state index contributed by atoms with van der Waals surface area (Å²) in [5, 5.41) is 15.1. The Morgan fingerprint density at radius 3 is 2.34 bits per heavy atom. The number of benzene rings is 2. The Balaban J connectivity index is 1.29. The number of thiazole rings is 1. The van der Waals surface area contributed by atoms with Crippen LogP contribution in [0.3, 0.4) is 0 Å². The molecule has 0 aliphatic carbocycles. The van der Waals surface area contributed by atoms with Gasteiger partial charge < -0.3 is 15.2 Å². The molecule has 4 heterocycles. The average molecular weight is 664 g/mol. The second kappa shape index (κ2) is 13.4. The van der Waals surface area contributed by atoms with Crippen LogP contribution in [0.4, 0.5) is 0 Å². The van der Waals surface area contributed by atoms with Crippen molar-refractivity contribution in [1.29, 1.82) is 0 Å². The van der Waals surface area contributed by atoms with Crippen LogP contribution >= 0.6 is 46.2 Å². The largest absolute Gasteiger partial charge is 0.481 e. The molecule has 44 heavy (non-hydrogen) atoms. The van der Waals surface area contributed by atoms with Crippen LogP contribution in [0.15, 0.2) is 98.5 Å². The molecule has 224 valence electrons. The predicted molar refractivity (Wildman–Crippen MR) is 170 cm³/mol. The van der Waals surface area contributed by atoms with E-state index >= 15 is 0 Å². The van der Waals surface area contributed by atoms with Crippen LogP contribution in [0, 0.1) is 0 Å². The third kappa shape index (κ3) is 6.60. The van der Waals surface area contributed by atoms with E-state index in [-0.39, 0.29) is 24.4 Å². The molecule has 9 nitrogen and oxygen atoms in total. The van der Waals surface area contributed by atoms with Gasteiger partial charge in [0.2, 0.25) is 5.91 Å². The van der Waals surface area contributed by atoms with Crippen molar-refractivity contribution in [2.75, 3.05) is 5.75 Å². The number of amides is 2. The Bertz CT molecular complexity index is 1670. The van der Waals surface area contributed by atoms with Crippen molar-refractivity contribution in [3.63, 3.8) is 0 Å². The summed E-state index contributed by atoms with van der Waals surface area (Å²) in [6.45, 7) is 0. The number of aromatic nitrogens is 1. The van der Waals surface area contributed by atoms with E-state index < -0.39 is 35.4 Å². The molecule has 1 saturated heterocycles. The molecule has 0 spiro atoms. The van der Waals surface area contributed by atoms with Gasteiger partial charge in [0, 0.05) is 20.9 Å². The van der Waals surface area contributed by atoms with E-state index in [4.69, 9.17) is 9.84 Å². The van der Waals surface area contributed by atoms with Crippen molar-refractivity contribution < 1.29 is 29.0 Å². The lowest BCUT2D eigenvalue weighted by molar-refractivity contribution is -0.154. The lowest BCUT2D eigenvalue weighted by Crippen LogP contribution is -2.70. The number of carbonyl (C=O) groups excluding carboxylic acids is 3. The van der Waals surface area contributed by atoms with Crippen LogP contribution in [0.25, 0.3) is 0 Å². The highest BCUT2D eigenvalue weighted by molar-refractivity contribution is 8.07. The van der Waals surface area contributed by atoms with E-state index in [0.29, 0.717) is 20.7 Å². The molecule has 1 fully saturated rings. The Kier molecular flexibility index (Phi) is 9.17. The fourth-order valence-electron chi connectivity index (χ4n) is 4.88. The molecule has 4 aromatic rings. The van der Waals surface area contributed by atoms with E-state index in [1.807, 2.05) is 78.2 Å². The Hall–Kier alpha value is -3.91. The smallest absolute Gasteiger partial charge is 0.356 e. The summed E-state index contributed by atoms with van der Waals surface area (Å²) in [7, 11) is 0. The summed E-state index contributed by atoms with van der Waals surface area (Å²) in [6.07, 6.45) is -0.769. The Morgan fingerprint density at radius 2 is 1.70 bits per heavy atom. The van der Waals surface area contributed by atoms with Gasteiger partial charge in [0.25, 0.3) is 5.91 Å². The average Bonchev–Trinajstić information content (AvgIpc) is 3.71. The van der Waals surface area contributed by atoms with E-state index in [1.54, 1.807) is 5.38 Å². The minimum absolute atomic E-state index is 0.111. The zero-order valence-corrected chi connectivity index (χ0v) is 26.2. The van der Waals surface area contributed by atoms with Crippen molar-refractivity contribution in [3.05, 3.63) is 116 Å². The van der Waals surface area contributed by atoms with Gasteiger partial charge in [0.1, 0.15) is 17.1 Å². The maximum absolute atomic E-state index is 14.1. The van der Waals surface area contributed by atoms with E-state index in [2.05, 4.69) is 10.3 Å². The first kappa shape index (κ1) is 30.1. The number of nitrogens with one attached hydrogen (secondary N) is 1. The van der Waals surface area contributed by atoms with E-state index in [1.165, 1.54) is 51.1 Å². The van der Waals surface area contributed by atoms with E-state index in [9.17, 15) is 19.2 Å². The Labute approximate surface area is 269 Å². The molecule has 0 unspecified atom stereocenters. The molecule has 2 aromatic heterocycles. The fourth-order valence-corrected chi connectivity index (χ4v) is 9.05. The van der Waals surface area contributed by atoms with Crippen LogP contribution in [0.2, 0.25) is 0 Å². The van der Waals surface area contributed by atoms with Gasteiger partial charge in [0.05, 0.1) is 18.5 Å². The summed E-state index contributed by atoms with van der Waals surface area (Å²) >= 11 is 5.40. The molecular weight excluding hydrogens is 639 g/mol. The maximum Gasteiger partial charge on any atom is 0.356 e. The van der Waals surface area contributed by atoms with Crippen LogP contribution in [0.5, 0.6) is 0 Å². The number of carboxylic acid groups (broad SMARTS) is 1. The molecule has 2 aliphatic heterocycles. The third-order valence-electron chi connectivity index (χ3n) is 6.86. The minimum Gasteiger partial charge on any atom is -0.481 e. The number of thiophene rings is 1. The van der Waals surface area contributed by atoms with Gasteiger partial charge in [-0.3, -0.25) is 19.3 Å². The van der Waals surface area contributed by atoms with Gasteiger partial charge >= 0.3 is 11.9 Å². The SMILES string of the molecule is O=C(O)Cc1csc(SC2=C(C(=O)OC(c3ccccc3)c3ccccc3)N3C(=O)[C@@H](NC(=O)Cc4cccs4)[C@@H]3SC2)n1. The lowest BCUT2D eigenvalue weighted by atomic mass is 10.0. The topological polar surface area (TPSA) is 126 Å². The third-order valence-corrected chi connectivity index (χ3v) is 11.3. The van der Waals surface area contributed by atoms with Gasteiger partial charge in [0.15, 0.2) is 10.4 Å². The van der Waals surface area contributed by atoms with Gasteiger partial charge in [-0.25, -0.2) is 9.78 Å². The maximum atomic E-state index is 14.1. The highest BCUT2D eigenvalue weighted by atomic mass is 32.2. The fraction of sp³-hybridized carbons (Fsp3) is 0.194. The minimum atomic E-state index is -0.988. The zero-order valence-electron chi connectivity index (χ0n) is 23.0. The molecule has 2 atom stereocenters.